The number of esters is 1. The summed E-state index contributed by atoms with van der Waals surface area (Å²) >= 11 is 5.74. The molecule has 6 fully saturated rings. The number of methoxy groups -OCH3 is 1. The lowest BCUT2D eigenvalue weighted by molar-refractivity contribution is -0.639. The number of rotatable bonds is 3. The van der Waals surface area contributed by atoms with Crippen LogP contribution < -0.4 is 0 Å². The lowest BCUT2D eigenvalue weighted by atomic mass is 8.92. The van der Waals surface area contributed by atoms with Gasteiger partial charge >= 0.3 is 5.97 Å². The summed E-state index contributed by atoms with van der Waals surface area (Å²) in [6, 6.07) is 0. The van der Waals surface area contributed by atoms with Gasteiger partial charge in [-0.3, -0.25) is 9.59 Å². The summed E-state index contributed by atoms with van der Waals surface area (Å²) in [7, 11) is 1.45. The third-order valence-corrected chi connectivity index (χ3v) is 7.18. The molecule has 0 radical (unpaired) electrons. The summed E-state index contributed by atoms with van der Waals surface area (Å²) in [6.45, 7) is 0. The number of halogens is 1. The van der Waals surface area contributed by atoms with E-state index in [1.807, 2.05) is 0 Å². The Hall–Kier alpha value is -0.570. The van der Waals surface area contributed by atoms with Crippen molar-refractivity contribution in [2.75, 3.05) is 7.11 Å². The topological polar surface area (TPSA) is 43.4 Å². The van der Waals surface area contributed by atoms with E-state index >= 15 is 0 Å². The minimum atomic E-state index is -0.0978. The van der Waals surface area contributed by atoms with E-state index in [0.717, 1.165) is 0 Å². The van der Waals surface area contributed by atoms with Gasteiger partial charge in [-0.2, -0.15) is 0 Å². The van der Waals surface area contributed by atoms with Crippen molar-refractivity contribution < 1.29 is 14.3 Å². The SMILES string of the molecule is COC(=O)CC12C3C4C1C1C2C3C41C(=O)Cl. The molecule has 0 aromatic heterocycles. The molecule has 0 saturated heterocycles. The van der Waals surface area contributed by atoms with Crippen LogP contribution in [0.3, 0.4) is 0 Å². The highest BCUT2D eigenvalue weighted by Crippen LogP contribution is 3.11. The third kappa shape index (κ3) is 0.396. The fraction of sp³-hybridized carbons (Fsp3) is 0.833. The summed E-state index contributed by atoms with van der Waals surface area (Å²) < 4.78 is 4.77. The number of hydrogen-bond acceptors (Lipinski definition) is 3. The van der Waals surface area contributed by atoms with E-state index < -0.39 is 0 Å². The predicted molar refractivity (Wildman–Crippen MR) is 53.3 cm³/mol. The van der Waals surface area contributed by atoms with Crippen LogP contribution in [0.1, 0.15) is 6.42 Å². The van der Waals surface area contributed by atoms with Crippen LogP contribution in [0.15, 0.2) is 0 Å². The van der Waals surface area contributed by atoms with E-state index in [2.05, 4.69) is 0 Å². The van der Waals surface area contributed by atoms with Crippen molar-refractivity contribution in [3.05, 3.63) is 0 Å². The van der Waals surface area contributed by atoms with Crippen LogP contribution in [0.5, 0.6) is 0 Å². The van der Waals surface area contributed by atoms with Gasteiger partial charge < -0.3 is 4.74 Å². The zero-order valence-electron chi connectivity index (χ0n) is 8.77. The van der Waals surface area contributed by atoms with E-state index in [-0.39, 0.29) is 22.0 Å². The first-order valence-corrected chi connectivity index (χ1v) is 6.28. The number of ether oxygens (including phenoxy) is 1. The summed E-state index contributed by atoms with van der Waals surface area (Å²) in [5.41, 5.74) is 0.167. The van der Waals surface area contributed by atoms with Crippen LogP contribution in [-0.4, -0.2) is 18.3 Å². The minimum absolute atomic E-state index is 0.0815. The molecule has 0 amide bonds. The molecule has 6 aliphatic rings. The Labute approximate surface area is 97.5 Å². The smallest absolute Gasteiger partial charge is 0.306 e. The van der Waals surface area contributed by atoms with Gasteiger partial charge in [0, 0.05) is 0 Å². The van der Waals surface area contributed by atoms with Gasteiger partial charge in [0.05, 0.1) is 18.9 Å². The molecule has 0 aliphatic heterocycles. The van der Waals surface area contributed by atoms with E-state index in [1.54, 1.807) is 0 Å². The van der Waals surface area contributed by atoms with Crippen molar-refractivity contribution in [3.8, 4) is 0 Å². The largest absolute Gasteiger partial charge is 0.469 e. The van der Waals surface area contributed by atoms with Crippen molar-refractivity contribution in [3.63, 3.8) is 0 Å². The van der Waals surface area contributed by atoms with Crippen molar-refractivity contribution in [1.29, 1.82) is 0 Å². The first-order valence-electron chi connectivity index (χ1n) is 5.90. The van der Waals surface area contributed by atoms with Gasteiger partial charge in [-0.25, -0.2) is 0 Å². The van der Waals surface area contributed by atoms with Gasteiger partial charge in [0.1, 0.15) is 0 Å². The Balaban J connectivity index is 1.47. The summed E-state index contributed by atoms with van der Waals surface area (Å²) in [6.07, 6.45) is 0.583. The van der Waals surface area contributed by atoms with Crippen LogP contribution in [0.4, 0.5) is 0 Å². The highest BCUT2D eigenvalue weighted by Gasteiger charge is 3.10. The maximum atomic E-state index is 11.5. The molecule has 4 heteroatoms. The Kier molecular flexibility index (Phi) is 0.988. The normalized spacial score (nSPS) is 68.6. The zero-order valence-corrected chi connectivity index (χ0v) is 9.53. The van der Waals surface area contributed by atoms with Gasteiger partial charge in [0.15, 0.2) is 0 Å². The van der Waals surface area contributed by atoms with Gasteiger partial charge in [-0.05, 0) is 52.5 Å². The predicted octanol–water partition coefficient (Wildman–Crippen LogP) is 1.05. The molecule has 84 valence electrons. The molecule has 3 nitrogen and oxygen atoms in total. The average Bonchev–Trinajstić information content (AvgIpc) is 2.29. The maximum absolute atomic E-state index is 11.5. The molecule has 0 bridgehead atoms. The fourth-order valence-corrected chi connectivity index (χ4v) is 7.20. The highest BCUT2D eigenvalue weighted by atomic mass is 35.5. The molecular weight excluding hydrogens is 228 g/mol. The highest BCUT2D eigenvalue weighted by molar-refractivity contribution is 6.65. The maximum Gasteiger partial charge on any atom is 0.306 e. The van der Waals surface area contributed by atoms with Crippen molar-refractivity contribution in [1.82, 2.24) is 0 Å². The van der Waals surface area contributed by atoms with Crippen LogP contribution >= 0.6 is 11.6 Å². The van der Waals surface area contributed by atoms with Gasteiger partial charge in [0.25, 0.3) is 0 Å². The Bertz CT molecular complexity index is 429. The monoisotopic (exact) mass is 238 g/mol. The number of carbonyl (C=O) groups excluding carboxylic acids is 2. The third-order valence-electron chi connectivity index (χ3n) is 6.86. The van der Waals surface area contributed by atoms with Crippen LogP contribution in [0.25, 0.3) is 0 Å². The fourth-order valence-electron chi connectivity index (χ4n) is 6.82. The second-order valence-electron chi connectivity index (χ2n) is 6.23. The molecule has 0 spiro atoms. The second-order valence-corrected chi connectivity index (χ2v) is 6.57. The Morgan fingerprint density at radius 1 is 1.12 bits per heavy atom. The molecule has 0 N–H and O–H groups in total. The van der Waals surface area contributed by atoms with Crippen molar-refractivity contribution in [2.45, 2.75) is 6.42 Å². The molecule has 6 aliphatic carbocycles. The summed E-state index contributed by atoms with van der Waals surface area (Å²) in [5.74, 6) is 3.45. The average molecular weight is 239 g/mol. The van der Waals surface area contributed by atoms with Crippen LogP contribution in [0.2, 0.25) is 0 Å². The molecule has 16 heavy (non-hydrogen) atoms. The first kappa shape index (κ1) is 8.51. The molecular formula is C12H11ClO3. The van der Waals surface area contributed by atoms with Gasteiger partial charge in [-0.1, -0.05) is 0 Å². The second kappa shape index (κ2) is 1.86. The molecule has 6 rings (SSSR count). The van der Waals surface area contributed by atoms with E-state index in [0.29, 0.717) is 41.9 Å². The first-order chi connectivity index (χ1) is 7.63. The van der Waals surface area contributed by atoms with E-state index in [9.17, 15) is 9.59 Å². The summed E-state index contributed by atoms with van der Waals surface area (Å²) in [5, 5.41) is -0.0948. The van der Waals surface area contributed by atoms with Gasteiger partial charge in [0.2, 0.25) is 5.24 Å². The van der Waals surface area contributed by atoms with Crippen LogP contribution in [0, 0.1) is 46.3 Å². The quantitative estimate of drug-likeness (QED) is 0.545. The molecule has 0 aromatic carbocycles. The number of carbonyl (C=O) groups is 2. The molecule has 0 aromatic rings. The number of hydrogen-bond donors (Lipinski definition) is 0. The van der Waals surface area contributed by atoms with Crippen LogP contribution in [-0.2, 0) is 14.3 Å². The van der Waals surface area contributed by atoms with Crippen molar-refractivity contribution in [2.24, 2.45) is 46.3 Å². The molecule has 6 saturated carbocycles. The van der Waals surface area contributed by atoms with Gasteiger partial charge in [-0.15, -0.1) is 0 Å². The van der Waals surface area contributed by atoms with E-state index in [4.69, 9.17) is 16.3 Å². The Morgan fingerprint density at radius 2 is 1.62 bits per heavy atom. The van der Waals surface area contributed by atoms with E-state index in [1.165, 1.54) is 7.11 Å². The summed E-state index contributed by atoms with van der Waals surface area (Å²) in [4.78, 5) is 22.9. The lowest BCUT2D eigenvalue weighted by Crippen LogP contribution is -3.10. The molecule has 0 unspecified atom stereocenters. The minimum Gasteiger partial charge on any atom is -0.469 e. The zero-order chi connectivity index (χ0) is 11.0. The molecule has 0 heterocycles. The Morgan fingerprint density at radius 3 is 2.00 bits per heavy atom. The van der Waals surface area contributed by atoms with Crippen molar-refractivity contribution >= 4 is 22.8 Å². The molecule has 0 atom stereocenters. The standard InChI is InChI=1S/C12H11ClO3/c1-16-3(14)2-11-4-7-5(11)9-6(11)8(4)12(7,9)10(13)15/h4-9H,2H2,1H3. The lowest BCUT2D eigenvalue weighted by Gasteiger charge is -3.10.